The summed E-state index contributed by atoms with van der Waals surface area (Å²) in [6.45, 7) is 7.38. The first kappa shape index (κ1) is 15.6. The molecule has 0 radical (unpaired) electrons. The highest BCUT2D eigenvalue weighted by Gasteiger charge is 2.07. The Bertz CT molecular complexity index is 335. The van der Waals surface area contributed by atoms with Crippen molar-refractivity contribution in [3.63, 3.8) is 0 Å². The Hall–Kier alpha value is -1.45. The van der Waals surface area contributed by atoms with Gasteiger partial charge in [0.25, 0.3) is 0 Å². The number of halogens is 1. The first-order valence-corrected chi connectivity index (χ1v) is 5.82. The number of aliphatic imine (C=N–C) groups is 2. The maximum absolute atomic E-state index is 13.4. The van der Waals surface area contributed by atoms with Crippen LogP contribution in [0.4, 0.5) is 4.39 Å². The van der Waals surface area contributed by atoms with E-state index < -0.39 is 0 Å². The fourth-order valence-corrected chi connectivity index (χ4v) is 1.03. The van der Waals surface area contributed by atoms with Gasteiger partial charge < -0.3 is 5.32 Å². The van der Waals surface area contributed by atoms with Gasteiger partial charge in [0.2, 0.25) is 0 Å². The summed E-state index contributed by atoms with van der Waals surface area (Å²) in [5.41, 5.74) is 0.252. The molecule has 4 heteroatoms. The van der Waals surface area contributed by atoms with Crippen LogP contribution in [0.25, 0.3) is 0 Å². The number of rotatable bonds is 5. The molecule has 0 aliphatic heterocycles. The van der Waals surface area contributed by atoms with Crippen molar-refractivity contribution in [2.24, 2.45) is 15.9 Å². The van der Waals surface area contributed by atoms with Crippen molar-refractivity contribution in [1.82, 2.24) is 5.32 Å². The molecule has 0 unspecified atom stereocenters. The molecule has 0 fully saturated rings. The quantitative estimate of drug-likeness (QED) is 0.579. The molecule has 17 heavy (non-hydrogen) atoms. The standard InChI is InChI=1S/C13H22FN3/c1-6-7-8-16-13(15-5)12(11(4)14)17-9-10(2)3/h7-10H,6H2,1-5H3,(H,15,16)/b8-7-,12-11+,17-9?. The first-order chi connectivity index (χ1) is 8.02. The van der Waals surface area contributed by atoms with Gasteiger partial charge in [-0.15, -0.1) is 0 Å². The topological polar surface area (TPSA) is 36.8 Å². The van der Waals surface area contributed by atoms with Crippen molar-refractivity contribution in [3.05, 3.63) is 23.8 Å². The SMILES string of the molecule is CC/C=C\NC(=NC)/C(N=CC(C)C)=C(/C)F. The molecular weight excluding hydrogens is 217 g/mol. The number of amidine groups is 1. The smallest absolute Gasteiger partial charge is 0.153 e. The van der Waals surface area contributed by atoms with Gasteiger partial charge in [-0.25, -0.2) is 4.39 Å². The zero-order valence-electron chi connectivity index (χ0n) is 11.3. The van der Waals surface area contributed by atoms with Gasteiger partial charge in [-0.1, -0.05) is 26.8 Å². The Balaban J connectivity index is 4.93. The molecular formula is C13H22FN3. The summed E-state index contributed by atoms with van der Waals surface area (Å²) in [7, 11) is 1.61. The Morgan fingerprint density at radius 2 is 2.06 bits per heavy atom. The minimum Gasteiger partial charge on any atom is -0.345 e. The van der Waals surface area contributed by atoms with Gasteiger partial charge in [0, 0.05) is 13.3 Å². The van der Waals surface area contributed by atoms with E-state index in [1.54, 1.807) is 19.5 Å². The summed E-state index contributed by atoms with van der Waals surface area (Å²) in [5, 5.41) is 2.93. The van der Waals surface area contributed by atoms with E-state index in [2.05, 4.69) is 15.3 Å². The molecule has 0 aliphatic rings. The fraction of sp³-hybridized carbons (Fsp3) is 0.538. The number of nitrogens with zero attached hydrogens (tertiary/aromatic N) is 2. The largest absolute Gasteiger partial charge is 0.345 e. The van der Waals surface area contributed by atoms with E-state index in [9.17, 15) is 4.39 Å². The molecule has 0 bridgehead atoms. The second kappa shape index (κ2) is 8.67. The first-order valence-electron chi connectivity index (χ1n) is 5.82. The van der Waals surface area contributed by atoms with Crippen molar-refractivity contribution in [2.75, 3.05) is 7.05 Å². The molecule has 0 amide bonds. The normalized spacial score (nSPS) is 14.9. The third-order valence-electron chi connectivity index (χ3n) is 1.85. The molecule has 0 aromatic heterocycles. The van der Waals surface area contributed by atoms with Crippen LogP contribution >= 0.6 is 0 Å². The van der Waals surface area contributed by atoms with Gasteiger partial charge in [0.15, 0.2) is 5.84 Å². The average molecular weight is 239 g/mol. The molecule has 0 aromatic rings. The van der Waals surface area contributed by atoms with Crippen molar-refractivity contribution in [3.8, 4) is 0 Å². The lowest BCUT2D eigenvalue weighted by molar-refractivity contribution is 0.631. The molecule has 0 spiro atoms. The van der Waals surface area contributed by atoms with E-state index in [1.807, 2.05) is 26.8 Å². The Morgan fingerprint density at radius 1 is 1.41 bits per heavy atom. The van der Waals surface area contributed by atoms with Crippen molar-refractivity contribution in [1.29, 1.82) is 0 Å². The molecule has 0 heterocycles. The highest BCUT2D eigenvalue weighted by molar-refractivity contribution is 6.00. The van der Waals surface area contributed by atoms with Gasteiger partial charge in [0.05, 0.1) is 0 Å². The Morgan fingerprint density at radius 3 is 2.47 bits per heavy atom. The summed E-state index contributed by atoms with van der Waals surface area (Å²) in [4.78, 5) is 8.13. The lowest BCUT2D eigenvalue weighted by atomic mass is 10.2. The molecule has 0 rings (SSSR count). The monoisotopic (exact) mass is 239 g/mol. The molecule has 0 aromatic carbocycles. The van der Waals surface area contributed by atoms with E-state index in [-0.39, 0.29) is 17.4 Å². The van der Waals surface area contributed by atoms with E-state index in [0.29, 0.717) is 5.84 Å². The Kier molecular flexibility index (Phi) is 7.93. The number of allylic oxidation sites excluding steroid dienone is 2. The van der Waals surface area contributed by atoms with Gasteiger partial charge in [-0.3, -0.25) is 9.98 Å². The summed E-state index contributed by atoms with van der Waals surface area (Å²) >= 11 is 0. The molecule has 1 N–H and O–H groups in total. The van der Waals surface area contributed by atoms with E-state index in [1.165, 1.54) is 6.92 Å². The molecule has 0 atom stereocenters. The van der Waals surface area contributed by atoms with E-state index in [4.69, 9.17) is 0 Å². The molecule has 96 valence electrons. The van der Waals surface area contributed by atoms with Gasteiger partial charge >= 0.3 is 0 Å². The molecule has 0 saturated heterocycles. The van der Waals surface area contributed by atoms with Gasteiger partial charge in [0.1, 0.15) is 11.5 Å². The van der Waals surface area contributed by atoms with Crippen LogP contribution in [0.3, 0.4) is 0 Å². The second-order valence-electron chi connectivity index (χ2n) is 3.93. The number of hydrogen-bond donors (Lipinski definition) is 1. The van der Waals surface area contributed by atoms with Crippen LogP contribution < -0.4 is 5.32 Å². The highest BCUT2D eigenvalue weighted by Crippen LogP contribution is 2.09. The number of hydrogen-bond acceptors (Lipinski definition) is 2. The summed E-state index contributed by atoms with van der Waals surface area (Å²) in [6.07, 6.45) is 6.29. The summed E-state index contributed by atoms with van der Waals surface area (Å²) in [5.74, 6) is 0.361. The van der Waals surface area contributed by atoms with Crippen LogP contribution in [0.2, 0.25) is 0 Å². The highest BCUT2D eigenvalue weighted by atomic mass is 19.1. The maximum atomic E-state index is 13.4. The van der Waals surface area contributed by atoms with Crippen molar-refractivity contribution < 1.29 is 4.39 Å². The Labute approximate surface area is 103 Å². The van der Waals surface area contributed by atoms with Crippen LogP contribution in [0.5, 0.6) is 0 Å². The second-order valence-corrected chi connectivity index (χ2v) is 3.93. The van der Waals surface area contributed by atoms with Gasteiger partial charge in [-0.05, 0) is 25.5 Å². The number of nitrogens with one attached hydrogen (secondary N) is 1. The predicted molar refractivity (Wildman–Crippen MR) is 73.1 cm³/mol. The molecule has 0 saturated carbocycles. The van der Waals surface area contributed by atoms with Crippen LogP contribution in [0.1, 0.15) is 34.1 Å². The third-order valence-corrected chi connectivity index (χ3v) is 1.85. The van der Waals surface area contributed by atoms with Crippen LogP contribution in [0, 0.1) is 5.92 Å². The minimum absolute atomic E-state index is 0.252. The molecule has 3 nitrogen and oxygen atoms in total. The van der Waals surface area contributed by atoms with Crippen LogP contribution in [0.15, 0.2) is 33.8 Å². The maximum Gasteiger partial charge on any atom is 0.153 e. The van der Waals surface area contributed by atoms with E-state index in [0.717, 1.165) is 6.42 Å². The zero-order chi connectivity index (χ0) is 13.3. The van der Waals surface area contributed by atoms with E-state index >= 15 is 0 Å². The summed E-state index contributed by atoms with van der Waals surface area (Å²) < 4.78 is 13.4. The zero-order valence-corrected chi connectivity index (χ0v) is 11.3. The van der Waals surface area contributed by atoms with Crippen molar-refractivity contribution in [2.45, 2.75) is 34.1 Å². The van der Waals surface area contributed by atoms with Crippen LogP contribution in [-0.2, 0) is 0 Å². The van der Waals surface area contributed by atoms with Crippen LogP contribution in [-0.4, -0.2) is 19.1 Å². The third kappa shape index (κ3) is 6.66. The molecule has 0 aliphatic carbocycles. The minimum atomic E-state index is -0.347. The summed E-state index contributed by atoms with van der Waals surface area (Å²) in [6, 6.07) is 0. The lowest BCUT2D eigenvalue weighted by Crippen LogP contribution is -2.20. The average Bonchev–Trinajstić information content (AvgIpc) is 2.26. The van der Waals surface area contributed by atoms with Crippen molar-refractivity contribution >= 4 is 12.1 Å². The predicted octanol–water partition coefficient (Wildman–Crippen LogP) is 3.46. The fourth-order valence-electron chi connectivity index (χ4n) is 1.03. The van der Waals surface area contributed by atoms with Gasteiger partial charge in [-0.2, -0.15) is 0 Å². The lowest BCUT2D eigenvalue weighted by Gasteiger charge is -2.07.